The van der Waals surface area contributed by atoms with E-state index in [1.165, 1.54) is 0 Å². The zero-order chi connectivity index (χ0) is 15.0. The van der Waals surface area contributed by atoms with Crippen LogP contribution in [0.3, 0.4) is 0 Å². The Kier molecular flexibility index (Phi) is 6.74. The van der Waals surface area contributed by atoms with Crippen molar-refractivity contribution in [1.29, 1.82) is 0 Å². The molecule has 0 fully saturated rings. The number of aliphatic hydroxyl groups excluding tert-OH is 1. The molecule has 0 heterocycles. The normalized spacial score (nSPS) is 14.9. The lowest BCUT2D eigenvalue weighted by Crippen LogP contribution is -2.33. The van der Waals surface area contributed by atoms with Gasteiger partial charge < -0.3 is 10.8 Å². The molecule has 20 heavy (non-hydrogen) atoms. The molecule has 3 N–H and O–H groups in total. The van der Waals surface area contributed by atoms with E-state index in [0.29, 0.717) is 6.07 Å². The summed E-state index contributed by atoms with van der Waals surface area (Å²) in [7, 11) is 0. The molecule has 2 atom stereocenters. The Morgan fingerprint density at radius 1 is 1.25 bits per heavy atom. The zero-order valence-corrected chi connectivity index (χ0v) is 12.3. The van der Waals surface area contributed by atoms with Crippen molar-refractivity contribution in [2.45, 2.75) is 32.2 Å². The van der Waals surface area contributed by atoms with E-state index in [1.807, 2.05) is 0 Å². The number of halogens is 6. The van der Waals surface area contributed by atoms with Gasteiger partial charge in [0.2, 0.25) is 0 Å². The van der Waals surface area contributed by atoms with Crippen LogP contribution in [0.15, 0.2) is 12.1 Å². The molecule has 0 aliphatic rings. The first-order valence-corrected chi connectivity index (χ1v) is 5.94. The molecule has 0 aliphatic heterocycles. The van der Waals surface area contributed by atoms with Crippen LogP contribution in [-0.2, 0) is 6.18 Å². The predicted octanol–water partition coefficient (Wildman–Crippen LogP) is 3.94. The molecule has 0 unspecified atom stereocenters. The predicted molar refractivity (Wildman–Crippen MR) is 71.4 cm³/mol. The van der Waals surface area contributed by atoms with Crippen molar-refractivity contribution in [3.8, 4) is 0 Å². The number of alkyl halides is 3. The summed E-state index contributed by atoms with van der Waals surface area (Å²) in [6.07, 6.45) is -6.08. The van der Waals surface area contributed by atoms with Crippen molar-refractivity contribution in [3.63, 3.8) is 0 Å². The Bertz CT molecular complexity index is 466. The van der Waals surface area contributed by atoms with Crippen LogP contribution in [0.5, 0.6) is 0 Å². The minimum absolute atomic E-state index is 0. The first-order chi connectivity index (χ1) is 8.57. The first-order valence-electron chi connectivity index (χ1n) is 5.56. The summed E-state index contributed by atoms with van der Waals surface area (Å²) in [6.45, 7) is 3.14. The Labute approximate surface area is 125 Å². The van der Waals surface area contributed by atoms with Gasteiger partial charge in [0.15, 0.2) is 0 Å². The topological polar surface area (TPSA) is 46.2 Å². The lowest BCUT2D eigenvalue weighted by molar-refractivity contribution is -0.138. The zero-order valence-electron chi connectivity index (χ0n) is 10.7. The van der Waals surface area contributed by atoms with Crippen molar-refractivity contribution in [3.05, 3.63) is 34.1 Å². The van der Waals surface area contributed by atoms with Gasteiger partial charge in [0.25, 0.3) is 0 Å². The summed E-state index contributed by atoms with van der Waals surface area (Å²) in [4.78, 5) is 0. The van der Waals surface area contributed by atoms with Crippen LogP contribution in [-0.4, -0.2) is 11.2 Å². The van der Waals surface area contributed by atoms with E-state index in [4.69, 9.17) is 17.3 Å². The van der Waals surface area contributed by atoms with Crippen molar-refractivity contribution < 1.29 is 22.7 Å². The van der Waals surface area contributed by atoms with Gasteiger partial charge in [-0.05, 0) is 18.1 Å². The number of nitrogens with two attached hydrogens (primary N) is 1. The average Bonchev–Trinajstić information content (AvgIpc) is 2.28. The summed E-state index contributed by atoms with van der Waals surface area (Å²) in [5, 5.41) is 9.29. The number of rotatable bonds is 3. The van der Waals surface area contributed by atoms with Crippen molar-refractivity contribution in [1.82, 2.24) is 0 Å². The fourth-order valence-electron chi connectivity index (χ4n) is 1.72. The molecule has 1 aromatic rings. The molecule has 0 aromatic heterocycles. The first kappa shape index (κ1) is 19.4. The average molecular weight is 336 g/mol. The van der Waals surface area contributed by atoms with Gasteiger partial charge in [-0.25, -0.2) is 4.39 Å². The van der Waals surface area contributed by atoms with Crippen LogP contribution >= 0.6 is 24.0 Å². The lowest BCUT2D eigenvalue weighted by atomic mass is 9.90. The summed E-state index contributed by atoms with van der Waals surface area (Å²) < 4.78 is 52.4. The van der Waals surface area contributed by atoms with E-state index in [0.717, 1.165) is 6.07 Å². The molecule has 0 aliphatic carbocycles. The molecule has 0 radical (unpaired) electrons. The van der Waals surface area contributed by atoms with Gasteiger partial charge in [-0.2, -0.15) is 13.2 Å². The Morgan fingerprint density at radius 2 is 1.75 bits per heavy atom. The van der Waals surface area contributed by atoms with Gasteiger partial charge in [-0.15, -0.1) is 12.4 Å². The molecule has 2 nitrogen and oxygen atoms in total. The van der Waals surface area contributed by atoms with Gasteiger partial charge in [0.1, 0.15) is 5.82 Å². The highest BCUT2D eigenvalue weighted by atomic mass is 35.5. The number of hydrogen-bond donors (Lipinski definition) is 2. The molecular formula is C12H15Cl2F4NO. The Hall–Kier alpha value is -0.560. The highest BCUT2D eigenvalue weighted by Gasteiger charge is 2.38. The largest absolute Gasteiger partial charge is 0.416 e. The maximum atomic E-state index is 13.8. The summed E-state index contributed by atoms with van der Waals surface area (Å²) >= 11 is 5.48. The van der Waals surface area contributed by atoms with Gasteiger partial charge >= 0.3 is 6.18 Å². The Balaban J connectivity index is 0.00000361. The standard InChI is InChI=1S/C12H14ClF4NO.ClH/c1-5(2)11(19)10(18)8-6(12(15,16)17)3-4-7(13)9(8)14;/h3-5,10-11,19H,18H2,1-2H3;1H/t10-,11+;/m1./s1. The van der Waals surface area contributed by atoms with E-state index in [2.05, 4.69) is 0 Å². The van der Waals surface area contributed by atoms with E-state index in [-0.39, 0.29) is 12.4 Å². The SMILES string of the molecule is CC(C)[C@H](O)[C@H](N)c1c(C(F)(F)F)ccc(Cl)c1F.Cl. The van der Waals surface area contributed by atoms with Crippen molar-refractivity contribution >= 4 is 24.0 Å². The number of benzene rings is 1. The lowest BCUT2D eigenvalue weighted by Gasteiger charge is -2.26. The minimum Gasteiger partial charge on any atom is -0.391 e. The second-order valence-corrected chi connectivity index (χ2v) is 4.99. The maximum Gasteiger partial charge on any atom is 0.416 e. The van der Waals surface area contributed by atoms with Crippen LogP contribution in [0.1, 0.15) is 31.0 Å². The molecule has 0 saturated heterocycles. The minimum atomic E-state index is -4.77. The Morgan fingerprint density at radius 3 is 2.15 bits per heavy atom. The molecular weight excluding hydrogens is 321 g/mol. The molecule has 8 heteroatoms. The monoisotopic (exact) mass is 335 g/mol. The fraction of sp³-hybridized carbons (Fsp3) is 0.500. The van der Waals surface area contributed by atoms with Gasteiger partial charge in [-0.1, -0.05) is 25.4 Å². The maximum absolute atomic E-state index is 13.8. The summed E-state index contributed by atoms with van der Waals surface area (Å²) in [5.74, 6) is -1.67. The third-order valence-corrected chi connectivity index (χ3v) is 3.11. The fourth-order valence-corrected chi connectivity index (χ4v) is 1.89. The quantitative estimate of drug-likeness (QED) is 0.822. The van der Waals surface area contributed by atoms with E-state index in [9.17, 15) is 22.7 Å². The van der Waals surface area contributed by atoms with Gasteiger partial charge in [0.05, 0.1) is 22.7 Å². The molecule has 0 amide bonds. The van der Waals surface area contributed by atoms with Crippen LogP contribution in [0, 0.1) is 11.7 Å². The molecule has 1 rings (SSSR count). The van der Waals surface area contributed by atoms with Gasteiger partial charge in [-0.3, -0.25) is 0 Å². The third-order valence-electron chi connectivity index (χ3n) is 2.82. The number of hydrogen-bond acceptors (Lipinski definition) is 2. The summed E-state index contributed by atoms with van der Waals surface area (Å²) in [5.41, 5.74) is 3.53. The van der Waals surface area contributed by atoms with Crippen LogP contribution in [0.4, 0.5) is 17.6 Å². The van der Waals surface area contributed by atoms with E-state index < -0.39 is 46.2 Å². The molecule has 116 valence electrons. The van der Waals surface area contributed by atoms with Crippen LogP contribution < -0.4 is 5.73 Å². The second kappa shape index (κ2) is 6.93. The van der Waals surface area contributed by atoms with Crippen LogP contribution in [0.25, 0.3) is 0 Å². The molecule has 0 bridgehead atoms. The second-order valence-electron chi connectivity index (χ2n) is 4.58. The van der Waals surface area contributed by atoms with Gasteiger partial charge in [0, 0.05) is 5.56 Å². The van der Waals surface area contributed by atoms with Crippen LogP contribution in [0.2, 0.25) is 5.02 Å². The van der Waals surface area contributed by atoms with Crippen molar-refractivity contribution in [2.75, 3.05) is 0 Å². The third kappa shape index (κ3) is 3.97. The molecule has 0 saturated carbocycles. The molecule has 1 aromatic carbocycles. The smallest absolute Gasteiger partial charge is 0.391 e. The molecule has 0 spiro atoms. The number of aliphatic hydroxyl groups is 1. The highest BCUT2D eigenvalue weighted by molar-refractivity contribution is 6.30. The van der Waals surface area contributed by atoms with E-state index >= 15 is 0 Å². The summed E-state index contributed by atoms with van der Waals surface area (Å²) in [6, 6.07) is -0.0268. The van der Waals surface area contributed by atoms with Crippen molar-refractivity contribution in [2.24, 2.45) is 11.7 Å². The van der Waals surface area contributed by atoms with E-state index in [1.54, 1.807) is 13.8 Å². The highest BCUT2D eigenvalue weighted by Crippen LogP contribution is 2.38.